The molecule has 0 heterocycles. The van der Waals surface area contributed by atoms with E-state index in [0.29, 0.717) is 6.54 Å². The molecule has 0 aliphatic rings. The zero-order valence-electron chi connectivity index (χ0n) is 12.5. The molecule has 0 saturated carbocycles. The molecule has 1 aromatic carbocycles. The Labute approximate surface area is 115 Å². The number of ether oxygens (including phenoxy) is 1. The number of likely N-dealkylation sites (N-methyl/N-ethyl adjacent to an activating group) is 1. The molecule has 4 heteroatoms. The van der Waals surface area contributed by atoms with E-state index in [0.717, 1.165) is 16.9 Å². The molecule has 1 aromatic rings. The second kappa shape index (κ2) is 7.14. The van der Waals surface area contributed by atoms with Gasteiger partial charge in [0.15, 0.2) is 6.61 Å². The Hall–Kier alpha value is -1.55. The molecule has 0 aliphatic heterocycles. The molecule has 0 fully saturated rings. The Morgan fingerprint density at radius 1 is 1.47 bits per heavy atom. The van der Waals surface area contributed by atoms with Crippen molar-refractivity contribution in [1.82, 2.24) is 10.2 Å². The van der Waals surface area contributed by atoms with Crippen molar-refractivity contribution in [3.63, 3.8) is 0 Å². The van der Waals surface area contributed by atoms with Gasteiger partial charge in [0, 0.05) is 25.2 Å². The summed E-state index contributed by atoms with van der Waals surface area (Å²) in [6, 6.07) is 6.26. The smallest absolute Gasteiger partial charge is 0.260 e. The van der Waals surface area contributed by atoms with E-state index in [4.69, 9.17) is 4.74 Å². The highest BCUT2D eigenvalue weighted by atomic mass is 16.5. The van der Waals surface area contributed by atoms with E-state index in [1.165, 1.54) is 0 Å². The van der Waals surface area contributed by atoms with Crippen molar-refractivity contribution in [3.8, 4) is 5.75 Å². The molecule has 1 atom stereocenters. The summed E-state index contributed by atoms with van der Waals surface area (Å²) in [5, 5.41) is 3.19. The number of carbonyl (C=O) groups excluding carboxylic acids is 1. The Balaban J connectivity index is 2.81. The van der Waals surface area contributed by atoms with Gasteiger partial charge in [-0.1, -0.05) is 12.1 Å². The molecule has 1 rings (SSSR count). The first kappa shape index (κ1) is 15.5. The van der Waals surface area contributed by atoms with E-state index in [1.807, 2.05) is 33.0 Å². The van der Waals surface area contributed by atoms with Crippen molar-refractivity contribution in [1.29, 1.82) is 0 Å². The van der Waals surface area contributed by atoms with Gasteiger partial charge in [0.05, 0.1) is 0 Å². The molecule has 1 unspecified atom stereocenters. The van der Waals surface area contributed by atoms with E-state index in [1.54, 1.807) is 11.9 Å². The lowest BCUT2D eigenvalue weighted by Gasteiger charge is -2.19. The normalized spacial score (nSPS) is 12.1. The van der Waals surface area contributed by atoms with Gasteiger partial charge in [-0.3, -0.25) is 4.79 Å². The van der Waals surface area contributed by atoms with Gasteiger partial charge >= 0.3 is 0 Å². The third kappa shape index (κ3) is 4.24. The second-order valence-corrected chi connectivity index (χ2v) is 4.75. The number of hydrogen-bond donors (Lipinski definition) is 1. The number of nitrogens with one attached hydrogen (secondary N) is 1. The summed E-state index contributed by atoms with van der Waals surface area (Å²) >= 11 is 0. The van der Waals surface area contributed by atoms with Crippen LogP contribution in [-0.2, 0) is 4.79 Å². The van der Waals surface area contributed by atoms with Crippen LogP contribution in [0.5, 0.6) is 5.75 Å². The number of nitrogens with zero attached hydrogens (tertiary/aromatic N) is 1. The van der Waals surface area contributed by atoms with Crippen molar-refractivity contribution in [3.05, 3.63) is 29.3 Å². The van der Waals surface area contributed by atoms with Gasteiger partial charge in [-0.2, -0.15) is 0 Å². The van der Waals surface area contributed by atoms with E-state index < -0.39 is 0 Å². The number of benzene rings is 1. The monoisotopic (exact) mass is 264 g/mol. The summed E-state index contributed by atoms with van der Waals surface area (Å²) in [5.41, 5.74) is 2.19. The molecule has 0 radical (unpaired) electrons. The number of hydrogen-bond acceptors (Lipinski definition) is 3. The number of aryl methyl sites for hydroxylation is 1. The SMILES string of the molecule is CCN(C)C(=O)COc1cc(C)ccc1C(C)NC. The maximum absolute atomic E-state index is 11.8. The predicted octanol–water partition coefficient (Wildman–Crippen LogP) is 2.13. The number of carbonyl (C=O) groups is 1. The minimum absolute atomic E-state index is 0.00735. The molecule has 19 heavy (non-hydrogen) atoms. The summed E-state index contributed by atoms with van der Waals surface area (Å²) < 4.78 is 5.69. The molecule has 0 spiro atoms. The summed E-state index contributed by atoms with van der Waals surface area (Å²) in [7, 11) is 3.68. The molecular weight excluding hydrogens is 240 g/mol. The minimum Gasteiger partial charge on any atom is -0.483 e. The largest absolute Gasteiger partial charge is 0.483 e. The maximum atomic E-state index is 11.8. The van der Waals surface area contributed by atoms with Crippen LogP contribution in [0.15, 0.2) is 18.2 Å². The number of amides is 1. The van der Waals surface area contributed by atoms with Crippen LogP contribution in [0.4, 0.5) is 0 Å². The van der Waals surface area contributed by atoms with Gasteiger partial charge in [0.25, 0.3) is 5.91 Å². The molecular formula is C15H24N2O2. The summed E-state index contributed by atoms with van der Waals surface area (Å²) in [5.74, 6) is 0.770. The quantitative estimate of drug-likeness (QED) is 0.856. The molecule has 1 amide bonds. The van der Waals surface area contributed by atoms with E-state index in [2.05, 4.69) is 18.3 Å². The molecule has 4 nitrogen and oxygen atoms in total. The fourth-order valence-corrected chi connectivity index (χ4v) is 1.71. The van der Waals surface area contributed by atoms with Crippen LogP contribution < -0.4 is 10.1 Å². The zero-order valence-corrected chi connectivity index (χ0v) is 12.5. The topological polar surface area (TPSA) is 41.6 Å². The Kier molecular flexibility index (Phi) is 5.83. The van der Waals surface area contributed by atoms with Gasteiger partial charge in [0.2, 0.25) is 0 Å². The first-order valence-corrected chi connectivity index (χ1v) is 6.64. The van der Waals surface area contributed by atoms with Crippen LogP contribution >= 0.6 is 0 Å². The number of rotatable bonds is 6. The standard InChI is InChI=1S/C15H24N2O2/c1-6-17(5)15(18)10-19-14-9-11(2)7-8-13(14)12(3)16-4/h7-9,12,16H,6,10H2,1-5H3. The summed E-state index contributed by atoms with van der Waals surface area (Å²) in [6.45, 7) is 6.80. The third-order valence-corrected chi connectivity index (χ3v) is 3.32. The lowest BCUT2D eigenvalue weighted by molar-refractivity contribution is -0.131. The molecule has 0 aromatic heterocycles. The maximum Gasteiger partial charge on any atom is 0.260 e. The van der Waals surface area contributed by atoms with Crippen LogP contribution in [0, 0.1) is 6.92 Å². The average molecular weight is 264 g/mol. The second-order valence-electron chi connectivity index (χ2n) is 4.75. The van der Waals surface area contributed by atoms with Gasteiger partial charge in [0.1, 0.15) is 5.75 Å². The average Bonchev–Trinajstić information content (AvgIpc) is 2.43. The lowest BCUT2D eigenvalue weighted by atomic mass is 10.1. The Morgan fingerprint density at radius 2 is 2.16 bits per heavy atom. The minimum atomic E-state index is -0.00735. The van der Waals surface area contributed by atoms with Crippen molar-refractivity contribution >= 4 is 5.91 Å². The Morgan fingerprint density at radius 3 is 2.74 bits per heavy atom. The molecule has 1 N–H and O–H groups in total. The summed E-state index contributed by atoms with van der Waals surface area (Å²) in [6.07, 6.45) is 0. The van der Waals surface area contributed by atoms with Crippen molar-refractivity contribution in [2.75, 3.05) is 27.2 Å². The van der Waals surface area contributed by atoms with Crippen LogP contribution in [-0.4, -0.2) is 38.1 Å². The highest BCUT2D eigenvalue weighted by Crippen LogP contribution is 2.26. The zero-order chi connectivity index (χ0) is 14.4. The lowest BCUT2D eigenvalue weighted by Crippen LogP contribution is -2.31. The predicted molar refractivity (Wildman–Crippen MR) is 77.5 cm³/mol. The fourth-order valence-electron chi connectivity index (χ4n) is 1.71. The third-order valence-electron chi connectivity index (χ3n) is 3.32. The van der Waals surface area contributed by atoms with Gasteiger partial charge in [-0.15, -0.1) is 0 Å². The molecule has 106 valence electrons. The van der Waals surface area contributed by atoms with Gasteiger partial charge in [-0.05, 0) is 39.4 Å². The highest BCUT2D eigenvalue weighted by molar-refractivity contribution is 5.77. The van der Waals surface area contributed by atoms with Crippen molar-refractivity contribution in [2.24, 2.45) is 0 Å². The van der Waals surface area contributed by atoms with Crippen LogP contribution in [0.3, 0.4) is 0 Å². The van der Waals surface area contributed by atoms with Gasteiger partial charge in [-0.25, -0.2) is 0 Å². The van der Waals surface area contributed by atoms with Crippen LogP contribution in [0.2, 0.25) is 0 Å². The van der Waals surface area contributed by atoms with Crippen molar-refractivity contribution < 1.29 is 9.53 Å². The molecule has 0 saturated heterocycles. The van der Waals surface area contributed by atoms with Gasteiger partial charge < -0.3 is 15.0 Å². The first-order chi connectivity index (χ1) is 8.99. The van der Waals surface area contributed by atoms with E-state index in [9.17, 15) is 4.79 Å². The van der Waals surface area contributed by atoms with E-state index in [-0.39, 0.29) is 18.6 Å². The molecule has 0 bridgehead atoms. The Bertz CT molecular complexity index is 432. The van der Waals surface area contributed by atoms with Crippen LogP contribution in [0.25, 0.3) is 0 Å². The fraction of sp³-hybridized carbons (Fsp3) is 0.533. The highest BCUT2D eigenvalue weighted by Gasteiger charge is 2.13. The van der Waals surface area contributed by atoms with Crippen LogP contribution in [0.1, 0.15) is 31.0 Å². The first-order valence-electron chi connectivity index (χ1n) is 6.64. The molecule has 0 aliphatic carbocycles. The van der Waals surface area contributed by atoms with Crippen molar-refractivity contribution in [2.45, 2.75) is 26.8 Å². The van der Waals surface area contributed by atoms with E-state index >= 15 is 0 Å². The summed E-state index contributed by atoms with van der Waals surface area (Å²) in [4.78, 5) is 13.4.